The Balaban J connectivity index is 1.88. The van der Waals surface area contributed by atoms with Crippen molar-refractivity contribution in [3.05, 3.63) is 28.7 Å². The van der Waals surface area contributed by atoms with E-state index in [2.05, 4.69) is 15.9 Å². The van der Waals surface area contributed by atoms with Gasteiger partial charge in [0.2, 0.25) is 0 Å². The number of amides is 1. The highest BCUT2D eigenvalue weighted by Gasteiger charge is 2.33. The van der Waals surface area contributed by atoms with Gasteiger partial charge in [-0.1, -0.05) is 15.9 Å². The molecule has 2 rings (SSSR count). The molecule has 1 fully saturated rings. The van der Waals surface area contributed by atoms with Crippen LogP contribution in [0, 0.1) is 0 Å². The maximum atomic E-state index is 11.9. The SMILES string of the molecule is O=C(O)CN(C(=O)COc1ccc(Br)cc1)C1CC1. The average molecular weight is 328 g/mol. The second-order valence-electron chi connectivity index (χ2n) is 4.39. The third kappa shape index (κ3) is 4.24. The van der Waals surface area contributed by atoms with E-state index in [-0.39, 0.29) is 25.1 Å². The topological polar surface area (TPSA) is 66.8 Å². The minimum atomic E-state index is -0.996. The average Bonchev–Trinajstić information content (AvgIpc) is 3.19. The summed E-state index contributed by atoms with van der Waals surface area (Å²) in [5, 5.41) is 8.79. The van der Waals surface area contributed by atoms with Gasteiger partial charge in [0.05, 0.1) is 0 Å². The smallest absolute Gasteiger partial charge is 0.323 e. The summed E-state index contributed by atoms with van der Waals surface area (Å²) >= 11 is 3.31. The monoisotopic (exact) mass is 327 g/mol. The number of halogens is 1. The molecule has 1 saturated carbocycles. The molecule has 19 heavy (non-hydrogen) atoms. The summed E-state index contributed by atoms with van der Waals surface area (Å²) in [5.74, 6) is -0.695. The first-order valence-electron chi connectivity index (χ1n) is 5.96. The van der Waals surface area contributed by atoms with Gasteiger partial charge in [-0.15, -0.1) is 0 Å². The molecule has 0 spiro atoms. The number of carboxylic acids is 1. The quantitative estimate of drug-likeness (QED) is 0.866. The maximum absolute atomic E-state index is 11.9. The highest BCUT2D eigenvalue weighted by molar-refractivity contribution is 9.10. The van der Waals surface area contributed by atoms with Crippen LogP contribution in [0.15, 0.2) is 28.7 Å². The number of hydrogen-bond donors (Lipinski definition) is 1. The molecule has 1 amide bonds. The van der Waals surface area contributed by atoms with Crippen LogP contribution in [-0.2, 0) is 9.59 Å². The summed E-state index contributed by atoms with van der Waals surface area (Å²) in [5.41, 5.74) is 0. The zero-order chi connectivity index (χ0) is 13.8. The van der Waals surface area contributed by atoms with E-state index in [1.165, 1.54) is 4.90 Å². The fourth-order valence-electron chi connectivity index (χ4n) is 1.71. The highest BCUT2D eigenvalue weighted by atomic mass is 79.9. The number of rotatable bonds is 6. The number of carboxylic acid groups (broad SMARTS) is 1. The Kier molecular flexibility index (Phi) is 4.42. The summed E-state index contributed by atoms with van der Waals surface area (Å²) in [6.07, 6.45) is 1.74. The van der Waals surface area contributed by atoms with Gasteiger partial charge in [0.15, 0.2) is 6.61 Å². The van der Waals surface area contributed by atoms with Crippen LogP contribution in [0.5, 0.6) is 5.75 Å². The summed E-state index contributed by atoms with van der Waals surface area (Å²) in [7, 11) is 0. The standard InChI is InChI=1S/C13H14BrNO4/c14-9-1-5-11(6-2-9)19-8-12(16)15(7-13(17)18)10-3-4-10/h1-2,5-6,10H,3-4,7-8H2,(H,17,18). The lowest BCUT2D eigenvalue weighted by Crippen LogP contribution is -2.40. The number of carbonyl (C=O) groups is 2. The normalized spacial score (nSPS) is 13.9. The van der Waals surface area contributed by atoms with E-state index in [0.717, 1.165) is 17.3 Å². The molecule has 6 heteroatoms. The van der Waals surface area contributed by atoms with Crippen molar-refractivity contribution in [3.63, 3.8) is 0 Å². The van der Waals surface area contributed by atoms with Crippen LogP contribution in [0.1, 0.15) is 12.8 Å². The molecule has 1 N–H and O–H groups in total. The Morgan fingerprint density at radius 2 is 1.95 bits per heavy atom. The predicted octanol–water partition coefficient (Wildman–Crippen LogP) is 1.90. The molecular formula is C13H14BrNO4. The molecule has 0 aliphatic heterocycles. The molecule has 1 aliphatic carbocycles. The van der Waals surface area contributed by atoms with Crippen LogP contribution in [0.4, 0.5) is 0 Å². The summed E-state index contributed by atoms with van der Waals surface area (Å²) < 4.78 is 6.29. The Morgan fingerprint density at radius 3 is 2.47 bits per heavy atom. The van der Waals surface area contributed by atoms with Crippen LogP contribution in [0.2, 0.25) is 0 Å². The van der Waals surface area contributed by atoms with E-state index in [0.29, 0.717) is 5.75 Å². The van der Waals surface area contributed by atoms with E-state index in [9.17, 15) is 9.59 Å². The van der Waals surface area contributed by atoms with Crippen LogP contribution < -0.4 is 4.74 Å². The van der Waals surface area contributed by atoms with Gasteiger partial charge in [-0.25, -0.2) is 0 Å². The molecule has 0 heterocycles. The second kappa shape index (κ2) is 6.06. The van der Waals surface area contributed by atoms with Crippen molar-refractivity contribution in [1.82, 2.24) is 4.90 Å². The third-order valence-corrected chi connectivity index (χ3v) is 3.32. The minimum Gasteiger partial charge on any atom is -0.484 e. The predicted molar refractivity (Wildman–Crippen MR) is 72.0 cm³/mol. The second-order valence-corrected chi connectivity index (χ2v) is 5.30. The van der Waals surface area contributed by atoms with Crippen molar-refractivity contribution >= 4 is 27.8 Å². The number of ether oxygens (including phenoxy) is 1. The lowest BCUT2D eigenvalue weighted by atomic mass is 10.3. The summed E-state index contributed by atoms with van der Waals surface area (Å²) in [4.78, 5) is 24.0. The molecule has 5 nitrogen and oxygen atoms in total. The Morgan fingerprint density at radius 1 is 1.32 bits per heavy atom. The zero-order valence-corrected chi connectivity index (χ0v) is 11.8. The van der Waals surface area contributed by atoms with Crippen molar-refractivity contribution in [2.24, 2.45) is 0 Å². The molecule has 1 aromatic rings. The van der Waals surface area contributed by atoms with E-state index in [4.69, 9.17) is 9.84 Å². The van der Waals surface area contributed by atoms with E-state index < -0.39 is 5.97 Å². The summed E-state index contributed by atoms with van der Waals surface area (Å²) in [6.45, 7) is -0.390. The van der Waals surface area contributed by atoms with Gasteiger partial charge >= 0.3 is 5.97 Å². The van der Waals surface area contributed by atoms with Crippen molar-refractivity contribution in [2.45, 2.75) is 18.9 Å². The molecule has 102 valence electrons. The fraction of sp³-hybridized carbons (Fsp3) is 0.385. The first kappa shape index (κ1) is 13.9. The molecule has 0 atom stereocenters. The first-order valence-corrected chi connectivity index (χ1v) is 6.75. The molecule has 1 aromatic carbocycles. The fourth-order valence-corrected chi connectivity index (χ4v) is 1.98. The number of aliphatic carboxylic acids is 1. The van der Waals surface area contributed by atoms with Gasteiger partial charge in [0.25, 0.3) is 5.91 Å². The zero-order valence-electron chi connectivity index (χ0n) is 10.2. The van der Waals surface area contributed by atoms with Gasteiger partial charge in [0.1, 0.15) is 12.3 Å². The number of carbonyl (C=O) groups excluding carboxylic acids is 1. The highest BCUT2D eigenvalue weighted by Crippen LogP contribution is 2.26. The molecular weight excluding hydrogens is 314 g/mol. The number of benzene rings is 1. The molecule has 0 unspecified atom stereocenters. The van der Waals surface area contributed by atoms with Crippen LogP contribution in [-0.4, -0.2) is 41.1 Å². The largest absolute Gasteiger partial charge is 0.484 e. The lowest BCUT2D eigenvalue weighted by Gasteiger charge is -2.20. The molecule has 0 bridgehead atoms. The third-order valence-electron chi connectivity index (χ3n) is 2.79. The van der Waals surface area contributed by atoms with Crippen LogP contribution in [0.25, 0.3) is 0 Å². The van der Waals surface area contributed by atoms with Crippen molar-refractivity contribution in [2.75, 3.05) is 13.2 Å². The van der Waals surface area contributed by atoms with E-state index >= 15 is 0 Å². The molecule has 0 radical (unpaired) electrons. The van der Waals surface area contributed by atoms with Gasteiger partial charge in [-0.3, -0.25) is 9.59 Å². The Labute approximate surface area is 119 Å². The van der Waals surface area contributed by atoms with Crippen molar-refractivity contribution in [1.29, 1.82) is 0 Å². The Hall–Kier alpha value is -1.56. The van der Waals surface area contributed by atoms with Crippen molar-refractivity contribution < 1.29 is 19.4 Å². The van der Waals surface area contributed by atoms with E-state index in [1.807, 2.05) is 12.1 Å². The minimum absolute atomic E-state index is 0.0668. The number of hydrogen-bond acceptors (Lipinski definition) is 3. The van der Waals surface area contributed by atoms with Gasteiger partial charge in [-0.2, -0.15) is 0 Å². The summed E-state index contributed by atoms with van der Waals surface area (Å²) in [6, 6.07) is 7.19. The van der Waals surface area contributed by atoms with Crippen LogP contribution >= 0.6 is 15.9 Å². The molecule has 1 aliphatic rings. The molecule has 0 aromatic heterocycles. The Bertz CT molecular complexity index is 470. The maximum Gasteiger partial charge on any atom is 0.323 e. The van der Waals surface area contributed by atoms with Gasteiger partial charge in [0, 0.05) is 10.5 Å². The van der Waals surface area contributed by atoms with Gasteiger partial charge < -0.3 is 14.7 Å². The number of nitrogens with zero attached hydrogens (tertiary/aromatic N) is 1. The van der Waals surface area contributed by atoms with Crippen molar-refractivity contribution in [3.8, 4) is 5.75 Å². The van der Waals surface area contributed by atoms with Gasteiger partial charge in [-0.05, 0) is 37.1 Å². The lowest BCUT2D eigenvalue weighted by molar-refractivity contribution is -0.145. The first-order chi connectivity index (χ1) is 9.06. The van der Waals surface area contributed by atoms with Crippen LogP contribution in [0.3, 0.4) is 0 Å². The molecule has 0 saturated heterocycles. The van der Waals surface area contributed by atoms with E-state index in [1.54, 1.807) is 12.1 Å².